The Hall–Kier alpha value is -0.790. The predicted octanol–water partition coefficient (Wildman–Crippen LogP) is 0.793. The highest BCUT2D eigenvalue weighted by molar-refractivity contribution is 7.91. The minimum Gasteiger partial charge on any atom is -0.274 e. The van der Waals surface area contributed by atoms with Gasteiger partial charge in [-0.25, -0.2) is 21.6 Å². The highest BCUT2D eigenvalue weighted by atomic mass is 32.2. The van der Waals surface area contributed by atoms with Crippen molar-refractivity contribution >= 4 is 15.9 Å². The van der Waals surface area contributed by atoms with Gasteiger partial charge in [-0.1, -0.05) is 0 Å². The summed E-state index contributed by atoms with van der Waals surface area (Å²) in [5.74, 6) is -3.11. The molecule has 4 nitrogen and oxygen atoms in total. The standard InChI is InChI=1S/C8H10F3NO3S/c9-6(10)4-3-5(4)7(13)12-16(14,15)8(11)1-2-8/h4-6H,1-3H2,(H,12,13)/t4-,5+/m1/s1. The van der Waals surface area contributed by atoms with Gasteiger partial charge >= 0.3 is 0 Å². The first-order chi connectivity index (χ1) is 7.27. The Kier molecular flexibility index (Phi) is 2.45. The van der Waals surface area contributed by atoms with Crippen LogP contribution >= 0.6 is 0 Å². The van der Waals surface area contributed by atoms with E-state index in [4.69, 9.17) is 0 Å². The van der Waals surface area contributed by atoms with Gasteiger partial charge in [0.25, 0.3) is 10.0 Å². The molecule has 0 aliphatic heterocycles. The van der Waals surface area contributed by atoms with E-state index < -0.39 is 39.2 Å². The molecule has 0 saturated heterocycles. The molecule has 0 unspecified atom stereocenters. The highest BCUT2D eigenvalue weighted by Gasteiger charge is 2.58. The SMILES string of the molecule is O=C(NS(=O)(=O)C1(F)CC1)[C@H]1C[C@H]1C(F)F. The maximum atomic E-state index is 13.2. The molecule has 8 heteroatoms. The van der Waals surface area contributed by atoms with Gasteiger partial charge in [-0.2, -0.15) is 0 Å². The van der Waals surface area contributed by atoms with E-state index in [1.165, 1.54) is 4.72 Å². The number of amides is 1. The Morgan fingerprint density at radius 2 is 1.94 bits per heavy atom. The van der Waals surface area contributed by atoms with Crippen LogP contribution in [0.2, 0.25) is 0 Å². The molecule has 2 saturated carbocycles. The third-order valence-corrected chi connectivity index (χ3v) is 4.70. The average Bonchev–Trinajstić information content (AvgIpc) is 2.93. The maximum absolute atomic E-state index is 13.2. The molecule has 0 aromatic heterocycles. The van der Waals surface area contributed by atoms with E-state index in [2.05, 4.69) is 0 Å². The first-order valence-corrected chi connectivity index (χ1v) is 6.28. The molecule has 0 aromatic rings. The van der Waals surface area contributed by atoms with E-state index in [0.29, 0.717) is 0 Å². The topological polar surface area (TPSA) is 63.2 Å². The Bertz CT molecular complexity index is 418. The average molecular weight is 257 g/mol. The van der Waals surface area contributed by atoms with Gasteiger partial charge in [0.1, 0.15) is 0 Å². The van der Waals surface area contributed by atoms with Crippen molar-refractivity contribution in [1.29, 1.82) is 0 Å². The largest absolute Gasteiger partial charge is 0.274 e. The first kappa shape index (κ1) is 11.7. The lowest BCUT2D eigenvalue weighted by Crippen LogP contribution is -2.39. The highest BCUT2D eigenvalue weighted by Crippen LogP contribution is 2.46. The number of hydrogen-bond donors (Lipinski definition) is 1. The van der Waals surface area contributed by atoms with Crippen LogP contribution < -0.4 is 4.72 Å². The fraction of sp³-hybridized carbons (Fsp3) is 0.875. The van der Waals surface area contributed by atoms with Gasteiger partial charge in [0.05, 0.1) is 0 Å². The summed E-state index contributed by atoms with van der Waals surface area (Å²) in [5, 5.41) is -2.38. The van der Waals surface area contributed by atoms with Crippen molar-refractivity contribution in [3.63, 3.8) is 0 Å². The minimum absolute atomic E-state index is 0.0433. The molecule has 0 aromatic carbocycles. The molecule has 2 atom stereocenters. The Morgan fingerprint density at radius 1 is 1.38 bits per heavy atom. The summed E-state index contributed by atoms with van der Waals surface area (Å²) in [6.07, 6.45) is -2.99. The van der Waals surface area contributed by atoms with E-state index in [-0.39, 0.29) is 19.3 Å². The van der Waals surface area contributed by atoms with Crippen LogP contribution in [-0.2, 0) is 14.8 Å². The molecule has 0 radical (unpaired) electrons. The summed E-state index contributed by atoms with van der Waals surface area (Å²) in [5.41, 5.74) is 0. The Balaban J connectivity index is 1.94. The van der Waals surface area contributed by atoms with Crippen LogP contribution in [0, 0.1) is 11.8 Å². The molecule has 2 aliphatic rings. The summed E-state index contributed by atoms with van der Waals surface area (Å²) < 4.78 is 61.4. The fourth-order valence-corrected chi connectivity index (χ4v) is 2.70. The van der Waals surface area contributed by atoms with Crippen LogP contribution in [0.1, 0.15) is 19.3 Å². The molecule has 0 bridgehead atoms. The summed E-state index contributed by atoms with van der Waals surface area (Å²) in [7, 11) is -4.35. The van der Waals surface area contributed by atoms with Gasteiger partial charge in [-0.05, 0) is 6.42 Å². The fourth-order valence-electron chi connectivity index (χ4n) is 1.46. The molecule has 2 aliphatic carbocycles. The van der Waals surface area contributed by atoms with Crippen molar-refractivity contribution in [2.45, 2.75) is 30.7 Å². The van der Waals surface area contributed by atoms with Crippen LogP contribution in [-0.4, -0.2) is 25.8 Å². The molecule has 0 spiro atoms. The summed E-state index contributed by atoms with van der Waals surface area (Å²) in [6, 6.07) is 0. The third-order valence-electron chi connectivity index (χ3n) is 2.86. The number of nitrogens with one attached hydrogen (secondary N) is 1. The molecule has 2 rings (SSSR count). The van der Waals surface area contributed by atoms with Gasteiger partial charge in [-0.15, -0.1) is 0 Å². The number of hydrogen-bond acceptors (Lipinski definition) is 3. The molecule has 16 heavy (non-hydrogen) atoms. The lowest BCUT2D eigenvalue weighted by atomic mass is 10.3. The number of carbonyl (C=O) groups is 1. The maximum Gasteiger partial charge on any atom is 0.270 e. The van der Waals surface area contributed by atoms with Crippen molar-refractivity contribution in [3.05, 3.63) is 0 Å². The van der Waals surface area contributed by atoms with E-state index in [9.17, 15) is 26.4 Å². The molecule has 0 heterocycles. The molecule has 92 valence electrons. The van der Waals surface area contributed by atoms with E-state index in [1.807, 2.05) is 0 Å². The van der Waals surface area contributed by atoms with Crippen LogP contribution in [0.15, 0.2) is 0 Å². The first-order valence-electron chi connectivity index (χ1n) is 4.80. The van der Waals surface area contributed by atoms with Gasteiger partial charge in [0, 0.05) is 24.7 Å². The number of sulfonamides is 1. The number of rotatable bonds is 4. The zero-order chi connectivity index (χ0) is 12.1. The van der Waals surface area contributed by atoms with Gasteiger partial charge in [-0.3, -0.25) is 9.52 Å². The van der Waals surface area contributed by atoms with Crippen molar-refractivity contribution < 1.29 is 26.4 Å². The zero-order valence-electron chi connectivity index (χ0n) is 8.12. The van der Waals surface area contributed by atoms with Crippen molar-refractivity contribution in [2.24, 2.45) is 11.8 Å². The van der Waals surface area contributed by atoms with Gasteiger partial charge < -0.3 is 0 Å². The van der Waals surface area contributed by atoms with Gasteiger partial charge in [0.2, 0.25) is 17.3 Å². The normalized spacial score (nSPS) is 31.2. The van der Waals surface area contributed by atoms with Crippen molar-refractivity contribution in [2.75, 3.05) is 0 Å². The van der Waals surface area contributed by atoms with E-state index in [0.717, 1.165) is 0 Å². The molecule has 2 fully saturated rings. The van der Waals surface area contributed by atoms with Crippen molar-refractivity contribution in [3.8, 4) is 0 Å². The second kappa shape index (κ2) is 3.35. The monoisotopic (exact) mass is 257 g/mol. The van der Waals surface area contributed by atoms with Crippen LogP contribution in [0.4, 0.5) is 13.2 Å². The Morgan fingerprint density at radius 3 is 2.31 bits per heavy atom. The molecular weight excluding hydrogens is 247 g/mol. The van der Waals surface area contributed by atoms with Gasteiger partial charge in [0.15, 0.2) is 0 Å². The van der Waals surface area contributed by atoms with Crippen LogP contribution in [0.3, 0.4) is 0 Å². The minimum atomic E-state index is -4.35. The quantitative estimate of drug-likeness (QED) is 0.810. The smallest absolute Gasteiger partial charge is 0.270 e. The summed E-state index contributed by atoms with van der Waals surface area (Å²) in [6.45, 7) is 0. The van der Waals surface area contributed by atoms with Crippen LogP contribution in [0.25, 0.3) is 0 Å². The molecular formula is C8H10F3NO3S. The van der Waals surface area contributed by atoms with Crippen molar-refractivity contribution in [1.82, 2.24) is 4.72 Å². The molecule has 1 amide bonds. The molecule has 1 N–H and O–H groups in total. The predicted molar refractivity (Wildman–Crippen MR) is 47.7 cm³/mol. The van der Waals surface area contributed by atoms with E-state index in [1.54, 1.807) is 0 Å². The lowest BCUT2D eigenvalue weighted by Gasteiger charge is -2.08. The second-order valence-electron chi connectivity index (χ2n) is 4.19. The number of alkyl halides is 3. The Labute approximate surface area is 90.3 Å². The van der Waals surface area contributed by atoms with Crippen LogP contribution in [0.5, 0.6) is 0 Å². The summed E-state index contributed by atoms with van der Waals surface area (Å²) >= 11 is 0. The lowest BCUT2D eigenvalue weighted by molar-refractivity contribution is -0.121. The summed E-state index contributed by atoms with van der Waals surface area (Å²) in [4.78, 5) is 11.2. The number of halogens is 3. The van der Waals surface area contributed by atoms with E-state index >= 15 is 0 Å². The third kappa shape index (κ3) is 1.90. The second-order valence-corrected chi connectivity index (χ2v) is 6.14. The number of carbonyl (C=O) groups excluding carboxylic acids is 1. The zero-order valence-corrected chi connectivity index (χ0v) is 8.94.